The van der Waals surface area contributed by atoms with Gasteiger partial charge in [-0.1, -0.05) is 133 Å². The Bertz CT molecular complexity index is 1380. The summed E-state index contributed by atoms with van der Waals surface area (Å²) in [5.74, 6) is 0.905. The van der Waals surface area contributed by atoms with Crippen LogP contribution in [-0.4, -0.2) is 18.0 Å². The Labute approximate surface area is 275 Å². The van der Waals surface area contributed by atoms with E-state index >= 15 is 0 Å². The van der Waals surface area contributed by atoms with Crippen molar-refractivity contribution in [1.29, 1.82) is 0 Å². The van der Waals surface area contributed by atoms with E-state index in [1.165, 1.54) is 21.5 Å². The fraction of sp³-hybridized carbons (Fsp3) is 0.415. The lowest BCUT2D eigenvalue weighted by Gasteiger charge is -2.39. The fourth-order valence-electron chi connectivity index (χ4n) is 6.55. The molecule has 2 N–H and O–H groups in total. The second-order valence-electron chi connectivity index (χ2n) is 12.8. The van der Waals surface area contributed by atoms with Gasteiger partial charge >= 0.3 is 0 Å². The van der Waals surface area contributed by atoms with E-state index in [0.717, 1.165) is 98.8 Å². The molecule has 45 heavy (non-hydrogen) atoms. The molecule has 0 saturated carbocycles. The van der Waals surface area contributed by atoms with Gasteiger partial charge in [0.1, 0.15) is 19.2 Å². The van der Waals surface area contributed by atoms with Gasteiger partial charge in [0, 0.05) is 10.6 Å². The molecule has 0 unspecified atom stereocenters. The molecule has 0 amide bonds. The smallest absolute Gasteiger partial charge is 0.150 e. The van der Waals surface area contributed by atoms with Crippen molar-refractivity contribution in [3.63, 3.8) is 0 Å². The van der Waals surface area contributed by atoms with Crippen molar-refractivity contribution in [2.45, 2.75) is 111 Å². The van der Waals surface area contributed by atoms with Crippen LogP contribution in [0.15, 0.2) is 84.9 Å². The predicted octanol–water partition coefficient (Wildman–Crippen LogP) is 9.29. The Morgan fingerprint density at radius 2 is 0.867 bits per heavy atom. The molecule has 0 aromatic heterocycles. The predicted molar refractivity (Wildman–Crippen MR) is 201 cm³/mol. The lowest BCUT2D eigenvalue weighted by Crippen LogP contribution is -2.57. The summed E-state index contributed by atoms with van der Waals surface area (Å²) >= 11 is 0. The quantitative estimate of drug-likeness (QED) is 0.0894. The maximum atomic E-state index is 12.3. The normalized spacial score (nSPS) is 11.8. The molecule has 0 radical (unpaired) electrons. The zero-order chi connectivity index (χ0) is 32.2. The van der Waals surface area contributed by atoms with Crippen LogP contribution in [0.2, 0.25) is 6.55 Å². The van der Waals surface area contributed by atoms with E-state index in [9.17, 15) is 10.2 Å². The maximum Gasteiger partial charge on any atom is 0.150 e. The highest BCUT2D eigenvalue weighted by molar-refractivity contribution is 8.08. The molecule has 4 rings (SSSR count). The molecule has 0 saturated heterocycles. The first-order chi connectivity index (χ1) is 21.9. The Morgan fingerprint density at radius 3 is 1.22 bits per heavy atom. The molecule has 0 aliphatic heterocycles. The van der Waals surface area contributed by atoms with E-state index in [2.05, 4.69) is 119 Å². The average molecular weight is 639 g/mol. The maximum absolute atomic E-state index is 12.3. The summed E-state index contributed by atoms with van der Waals surface area (Å²) < 4.78 is 0. The number of phenols is 2. The monoisotopic (exact) mass is 638 g/mol. The van der Waals surface area contributed by atoms with Crippen LogP contribution < -0.4 is 21.0 Å². The number of hydrogen-bond acceptors (Lipinski definition) is 2. The first-order valence-corrected chi connectivity index (χ1v) is 22.2. The molecule has 0 atom stereocenters. The van der Waals surface area contributed by atoms with Crippen molar-refractivity contribution in [1.82, 2.24) is 0 Å². The molecule has 0 spiro atoms. The molecule has 4 aromatic carbocycles. The first-order valence-electron chi connectivity index (χ1n) is 17.5. The number of phenolic OH excluding ortho intramolecular Hbond substituents is 2. The molecule has 2 nitrogen and oxygen atoms in total. The minimum Gasteiger partial charge on any atom is -0.507 e. The zero-order valence-corrected chi connectivity index (χ0v) is 30.3. The van der Waals surface area contributed by atoms with E-state index in [4.69, 9.17) is 0 Å². The summed E-state index contributed by atoms with van der Waals surface area (Å²) in [5.41, 5.74) is 4.76. The second kappa shape index (κ2) is 17.2. The third kappa shape index (κ3) is 8.29. The fourth-order valence-corrected chi connectivity index (χ4v) is 18.0. The highest BCUT2D eigenvalue weighted by Gasteiger charge is 2.45. The third-order valence-corrected chi connectivity index (χ3v) is 20.4. The molecule has 4 aromatic rings. The topological polar surface area (TPSA) is 40.5 Å². The number of benzene rings is 4. The minimum absolute atomic E-state index is 0.453. The van der Waals surface area contributed by atoms with Gasteiger partial charge in [0.25, 0.3) is 0 Å². The standard InChI is InChI=1S/C41H55O2PSi/c1-6-10-20-32-28-34(22-12-8-3)40(42)38(30-32)44(39-31-33(21-11-7-2)29-35(41(39)43)23-13-9-4)45(5,36-24-16-14-17-25-36)37-26-18-15-19-27-37/h14-19,24-31,42-43H,6-13,20-23H2,1-5H3. The van der Waals surface area contributed by atoms with E-state index in [0.29, 0.717) is 11.5 Å². The summed E-state index contributed by atoms with van der Waals surface area (Å²) in [7, 11) is -3.82. The van der Waals surface area contributed by atoms with E-state index in [1.54, 1.807) is 0 Å². The lowest BCUT2D eigenvalue weighted by molar-refractivity contribution is 0.470. The summed E-state index contributed by atoms with van der Waals surface area (Å²) in [6.07, 6.45) is 12.6. The van der Waals surface area contributed by atoms with Crippen molar-refractivity contribution in [2.75, 3.05) is 0 Å². The van der Waals surface area contributed by atoms with Crippen LogP contribution >= 0.6 is 7.47 Å². The van der Waals surface area contributed by atoms with Crippen LogP contribution in [0.5, 0.6) is 11.5 Å². The van der Waals surface area contributed by atoms with Crippen molar-refractivity contribution in [2.24, 2.45) is 0 Å². The molecule has 0 aliphatic carbocycles. The zero-order valence-electron chi connectivity index (χ0n) is 28.4. The van der Waals surface area contributed by atoms with Crippen LogP contribution in [0.3, 0.4) is 0 Å². The molecule has 0 bridgehead atoms. The number of hydrogen-bond donors (Lipinski definition) is 2. The molecule has 0 aliphatic rings. The van der Waals surface area contributed by atoms with Crippen molar-refractivity contribution in [3.05, 3.63) is 107 Å². The van der Waals surface area contributed by atoms with Gasteiger partial charge in [-0.25, -0.2) is 0 Å². The molecule has 240 valence electrons. The van der Waals surface area contributed by atoms with Crippen LogP contribution in [-0.2, 0) is 25.7 Å². The van der Waals surface area contributed by atoms with Gasteiger partial charge in [0.15, 0.2) is 0 Å². The van der Waals surface area contributed by atoms with Gasteiger partial charge in [-0.3, -0.25) is 0 Å². The van der Waals surface area contributed by atoms with Crippen LogP contribution in [0.1, 0.15) is 101 Å². The number of aryl methyl sites for hydroxylation is 4. The van der Waals surface area contributed by atoms with Crippen LogP contribution in [0.4, 0.5) is 0 Å². The highest BCUT2D eigenvalue weighted by atomic mass is 31.4. The van der Waals surface area contributed by atoms with E-state index in [-0.39, 0.29) is 0 Å². The SMILES string of the molecule is CCCCc1cc(CCCC)c(O)c(P(c2cc(CCCC)cc(CCCC)c2O)[Si](C)(c2ccccc2)c2ccccc2)c1. The molecular weight excluding hydrogens is 584 g/mol. The van der Waals surface area contributed by atoms with Crippen molar-refractivity contribution >= 4 is 36.2 Å². The van der Waals surface area contributed by atoms with Gasteiger partial charge in [0.05, 0.1) is 0 Å². The van der Waals surface area contributed by atoms with Gasteiger partial charge < -0.3 is 10.2 Å². The third-order valence-electron chi connectivity index (χ3n) is 9.30. The summed E-state index contributed by atoms with van der Waals surface area (Å²) in [4.78, 5) is 0. The Balaban J connectivity index is 2.13. The first kappa shape index (κ1) is 35.0. The molecule has 0 fully saturated rings. The summed E-state index contributed by atoms with van der Waals surface area (Å²) in [5, 5.41) is 29.4. The Kier molecular flexibility index (Phi) is 13.3. The van der Waals surface area contributed by atoms with Crippen molar-refractivity contribution in [3.8, 4) is 11.5 Å². The number of rotatable bonds is 17. The minimum atomic E-state index is -2.65. The summed E-state index contributed by atoms with van der Waals surface area (Å²) in [6.45, 7) is 11.4. The molecular formula is C41H55O2PSi. The molecule has 0 heterocycles. The number of aromatic hydroxyl groups is 2. The Hall–Kier alpha value is -2.87. The van der Waals surface area contributed by atoms with Crippen molar-refractivity contribution < 1.29 is 10.2 Å². The second-order valence-corrected chi connectivity index (χ2v) is 21.8. The van der Waals surface area contributed by atoms with Crippen LogP contribution in [0, 0.1) is 0 Å². The lowest BCUT2D eigenvalue weighted by atomic mass is 10.0. The van der Waals surface area contributed by atoms with E-state index in [1.807, 2.05) is 0 Å². The van der Waals surface area contributed by atoms with Gasteiger partial charge in [-0.15, -0.1) is 0 Å². The molecule has 4 heteroatoms. The summed E-state index contributed by atoms with van der Waals surface area (Å²) in [6, 6.07) is 31.2. The largest absolute Gasteiger partial charge is 0.507 e. The van der Waals surface area contributed by atoms with Gasteiger partial charge in [0.2, 0.25) is 0 Å². The average Bonchev–Trinajstić information content (AvgIpc) is 3.07. The Morgan fingerprint density at radius 1 is 0.511 bits per heavy atom. The van der Waals surface area contributed by atoms with Gasteiger partial charge in [-0.2, -0.15) is 0 Å². The number of unbranched alkanes of at least 4 members (excludes halogenated alkanes) is 4. The van der Waals surface area contributed by atoms with E-state index < -0.39 is 15.2 Å². The highest BCUT2D eigenvalue weighted by Crippen LogP contribution is 2.50. The van der Waals surface area contributed by atoms with Gasteiger partial charge in [-0.05, 0) is 104 Å². The van der Waals surface area contributed by atoms with Crippen LogP contribution in [0.25, 0.3) is 0 Å².